The van der Waals surface area contributed by atoms with E-state index in [0.717, 1.165) is 30.5 Å². The summed E-state index contributed by atoms with van der Waals surface area (Å²) in [7, 11) is 1.81. The van der Waals surface area contributed by atoms with Crippen LogP contribution in [0, 0.1) is 12.7 Å². The summed E-state index contributed by atoms with van der Waals surface area (Å²) in [5, 5.41) is 7.33. The van der Waals surface area contributed by atoms with Gasteiger partial charge in [0.1, 0.15) is 5.82 Å². The van der Waals surface area contributed by atoms with Crippen LogP contribution >= 0.6 is 0 Å². The van der Waals surface area contributed by atoms with E-state index in [1.807, 2.05) is 24.9 Å². The van der Waals surface area contributed by atoms with Crippen LogP contribution in [0.15, 0.2) is 30.5 Å². The molecule has 6 nitrogen and oxygen atoms in total. The van der Waals surface area contributed by atoms with Gasteiger partial charge in [-0.1, -0.05) is 18.6 Å². The maximum absolute atomic E-state index is 13.9. The highest BCUT2D eigenvalue weighted by Crippen LogP contribution is 2.37. The van der Waals surface area contributed by atoms with Gasteiger partial charge in [-0.3, -0.25) is 14.3 Å². The van der Waals surface area contributed by atoms with Crippen molar-refractivity contribution in [1.29, 1.82) is 0 Å². The topological polar surface area (TPSA) is 67.2 Å². The molecule has 7 heteroatoms. The molecule has 1 aromatic carbocycles. The number of hydrogen-bond donors (Lipinski definition) is 1. The highest BCUT2D eigenvalue weighted by atomic mass is 19.1. The van der Waals surface area contributed by atoms with Gasteiger partial charge in [0, 0.05) is 31.6 Å². The van der Waals surface area contributed by atoms with E-state index < -0.39 is 0 Å². The van der Waals surface area contributed by atoms with Gasteiger partial charge in [-0.25, -0.2) is 4.39 Å². The Labute approximate surface area is 163 Å². The number of benzene rings is 1. The second-order valence-electron chi connectivity index (χ2n) is 7.79. The van der Waals surface area contributed by atoms with Gasteiger partial charge < -0.3 is 10.2 Å². The molecule has 0 saturated carbocycles. The minimum absolute atomic E-state index is 0.00274. The Morgan fingerprint density at radius 2 is 2.14 bits per heavy atom. The highest BCUT2D eigenvalue weighted by Gasteiger charge is 2.46. The number of nitrogens with zero attached hydrogens (tertiary/aromatic N) is 3. The van der Waals surface area contributed by atoms with Crippen LogP contribution in [-0.4, -0.2) is 45.1 Å². The molecular formula is C21H25FN4O2. The Balaban J connectivity index is 1.71. The first kappa shape index (κ1) is 18.7. The Morgan fingerprint density at radius 1 is 1.32 bits per heavy atom. The molecule has 2 amide bonds. The highest BCUT2D eigenvalue weighted by molar-refractivity contribution is 5.95. The molecule has 4 rings (SSSR count). The summed E-state index contributed by atoms with van der Waals surface area (Å²) in [6.07, 6.45) is 4.62. The third-order valence-electron chi connectivity index (χ3n) is 6.13. The molecule has 2 aliphatic heterocycles. The lowest BCUT2D eigenvalue weighted by molar-refractivity contribution is -0.122. The monoisotopic (exact) mass is 384 g/mol. The van der Waals surface area contributed by atoms with Crippen molar-refractivity contribution in [3.05, 3.63) is 53.1 Å². The molecule has 2 aliphatic rings. The predicted octanol–water partition coefficient (Wildman–Crippen LogP) is 2.53. The number of amides is 2. The van der Waals surface area contributed by atoms with Gasteiger partial charge in [0.2, 0.25) is 5.91 Å². The molecule has 3 heterocycles. The molecule has 0 spiro atoms. The maximum atomic E-state index is 13.9. The molecule has 1 aromatic heterocycles. The van der Waals surface area contributed by atoms with E-state index in [9.17, 15) is 14.0 Å². The first-order chi connectivity index (χ1) is 13.5. The standard InChI is InChI=1S/C21H25FN4O2/c1-13-16(11-23-25(13)2)21(28)26-12-17(14-6-5-7-15(22)10-14)20-18(26)8-3-4-9-19(27)24-20/h5-7,10-11,17-18,20H,3-4,8-9,12H2,1-2H3,(H,24,27)/t17-,18+,20-/m0/s1. The number of halogens is 1. The number of aromatic nitrogens is 2. The van der Waals surface area contributed by atoms with E-state index in [0.29, 0.717) is 18.5 Å². The number of aryl methyl sites for hydroxylation is 1. The fourth-order valence-electron chi connectivity index (χ4n) is 4.50. The molecule has 3 atom stereocenters. The summed E-state index contributed by atoms with van der Waals surface area (Å²) in [5.41, 5.74) is 2.20. The van der Waals surface area contributed by atoms with Gasteiger partial charge in [0.05, 0.1) is 23.8 Å². The summed E-state index contributed by atoms with van der Waals surface area (Å²) in [4.78, 5) is 27.5. The third-order valence-corrected chi connectivity index (χ3v) is 6.13. The normalized spacial score (nSPS) is 25.0. The van der Waals surface area contributed by atoms with Crippen LogP contribution in [0.4, 0.5) is 4.39 Å². The largest absolute Gasteiger partial charge is 0.351 e. The molecule has 0 aliphatic carbocycles. The molecular weight excluding hydrogens is 359 g/mol. The van der Waals surface area contributed by atoms with Crippen LogP contribution in [0.1, 0.15) is 53.2 Å². The quantitative estimate of drug-likeness (QED) is 0.865. The Bertz CT molecular complexity index is 910. The molecule has 1 N–H and O–H groups in total. The average Bonchev–Trinajstić information content (AvgIpc) is 3.17. The van der Waals surface area contributed by atoms with Gasteiger partial charge >= 0.3 is 0 Å². The zero-order valence-corrected chi connectivity index (χ0v) is 16.2. The van der Waals surface area contributed by atoms with E-state index in [4.69, 9.17) is 0 Å². The van der Waals surface area contributed by atoms with Gasteiger partial charge in [0.25, 0.3) is 5.91 Å². The van der Waals surface area contributed by atoms with Gasteiger partial charge in [-0.05, 0) is 37.5 Å². The van der Waals surface area contributed by atoms with Crippen molar-refractivity contribution in [3.8, 4) is 0 Å². The number of nitrogens with one attached hydrogen (secondary N) is 1. The number of fused-ring (bicyclic) bond motifs is 1. The summed E-state index contributed by atoms with van der Waals surface area (Å²) in [5.74, 6) is -0.514. The van der Waals surface area contributed by atoms with Crippen LogP contribution < -0.4 is 5.32 Å². The fourth-order valence-corrected chi connectivity index (χ4v) is 4.50. The number of hydrogen-bond acceptors (Lipinski definition) is 3. The van der Waals surface area contributed by atoms with Gasteiger partial charge in [-0.2, -0.15) is 5.10 Å². The lowest BCUT2D eigenvalue weighted by Crippen LogP contribution is -2.48. The van der Waals surface area contributed by atoms with Crippen LogP contribution in [0.2, 0.25) is 0 Å². The number of likely N-dealkylation sites (tertiary alicyclic amines) is 1. The SMILES string of the molecule is Cc1c(C(=O)N2C[C@@H](c3cccc(F)c3)[C@@H]3NC(=O)CCCC[C@H]32)cnn1C. The molecule has 28 heavy (non-hydrogen) atoms. The van der Waals surface area contributed by atoms with Crippen molar-refractivity contribution in [2.75, 3.05) is 6.54 Å². The van der Waals surface area contributed by atoms with E-state index in [1.54, 1.807) is 16.9 Å². The van der Waals surface area contributed by atoms with Gasteiger partial charge in [0.15, 0.2) is 0 Å². The van der Waals surface area contributed by atoms with E-state index in [2.05, 4.69) is 10.4 Å². The van der Waals surface area contributed by atoms with E-state index >= 15 is 0 Å². The van der Waals surface area contributed by atoms with Gasteiger partial charge in [-0.15, -0.1) is 0 Å². The second kappa shape index (κ2) is 7.37. The van der Waals surface area contributed by atoms with Crippen molar-refractivity contribution in [3.63, 3.8) is 0 Å². The van der Waals surface area contributed by atoms with Crippen molar-refractivity contribution in [2.45, 2.75) is 50.6 Å². The average molecular weight is 384 g/mol. The Hall–Kier alpha value is -2.70. The van der Waals surface area contributed by atoms with E-state index in [1.165, 1.54) is 12.1 Å². The first-order valence-corrected chi connectivity index (χ1v) is 9.80. The molecule has 0 radical (unpaired) electrons. The lowest BCUT2D eigenvalue weighted by atomic mass is 9.88. The van der Waals surface area contributed by atoms with Crippen molar-refractivity contribution in [2.24, 2.45) is 7.05 Å². The van der Waals surface area contributed by atoms with Crippen LogP contribution in [0.3, 0.4) is 0 Å². The summed E-state index contributed by atoms with van der Waals surface area (Å²) < 4.78 is 15.5. The van der Waals surface area contributed by atoms with Crippen LogP contribution in [-0.2, 0) is 11.8 Å². The number of carbonyl (C=O) groups excluding carboxylic acids is 2. The minimum Gasteiger partial charge on any atom is -0.351 e. The third kappa shape index (κ3) is 3.30. The van der Waals surface area contributed by atoms with E-state index in [-0.39, 0.29) is 35.6 Å². The lowest BCUT2D eigenvalue weighted by Gasteiger charge is -2.31. The molecule has 2 aromatic rings. The summed E-state index contributed by atoms with van der Waals surface area (Å²) >= 11 is 0. The predicted molar refractivity (Wildman–Crippen MR) is 102 cm³/mol. The maximum Gasteiger partial charge on any atom is 0.257 e. The summed E-state index contributed by atoms with van der Waals surface area (Å²) in [6.45, 7) is 2.32. The molecule has 0 bridgehead atoms. The fraction of sp³-hybridized carbons (Fsp3) is 0.476. The zero-order valence-electron chi connectivity index (χ0n) is 16.2. The summed E-state index contributed by atoms with van der Waals surface area (Å²) in [6, 6.07) is 6.16. The molecule has 2 fully saturated rings. The molecule has 148 valence electrons. The van der Waals surface area contributed by atoms with Crippen LogP contribution in [0.25, 0.3) is 0 Å². The Morgan fingerprint density at radius 3 is 2.86 bits per heavy atom. The first-order valence-electron chi connectivity index (χ1n) is 9.80. The molecule has 2 saturated heterocycles. The smallest absolute Gasteiger partial charge is 0.257 e. The Kier molecular flexibility index (Phi) is 4.91. The minimum atomic E-state index is -0.306. The number of rotatable bonds is 2. The van der Waals surface area contributed by atoms with Crippen molar-refractivity contribution < 1.29 is 14.0 Å². The molecule has 0 unspecified atom stereocenters. The zero-order chi connectivity index (χ0) is 19.8. The van der Waals surface area contributed by atoms with Crippen molar-refractivity contribution >= 4 is 11.8 Å². The van der Waals surface area contributed by atoms with Crippen molar-refractivity contribution in [1.82, 2.24) is 20.0 Å². The number of carbonyl (C=O) groups is 2. The van der Waals surface area contributed by atoms with Crippen LogP contribution in [0.5, 0.6) is 0 Å². The second-order valence-corrected chi connectivity index (χ2v) is 7.79.